The summed E-state index contributed by atoms with van der Waals surface area (Å²) < 4.78 is 25.8. The number of rotatable bonds is 4. The average Bonchev–Trinajstić information content (AvgIpc) is 2.48. The van der Waals surface area contributed by atoms with Crippen molar-refractivity contribution in [3.63, 3.8) is 0 Å². The molecule has 0 atom stereocenters. The van der Waals surface area contributed by atoms with Gasteiger partial charge in [-0.3, -0.25) is 4.79 Å². The number of hydrogen-bond acceptors (Lipinski definition) is 2. The highest BCUT2D eigenvalue weighted by molar-refractivity contribution is 6.04. The van der Waals surface area contributed by atoms with Crippen molar-refractivity contribution in [3.8, 4) is 0 Å². The quantitative estimate of drug-likeness (QED) is 0.910. The Bertz CT molecular complexity index is 701. The Labute approximate surface area is 119 Å². The van der Waals surface area contributed by atoms with Crippen LogP contribution in [0.2, 0.25) is 0 Å². The lowest BCUT2D eigenvalue weighted by Crippen LogP contribution is -2.25. The third-order valence-corrected chi connectivity index (χ3v) is 2.84. The maximum absolute atomic E-state index is 13.0. The number of nitrogens with one attached hydrogen (secondary N) is 1. The van der Waals surface area contributed by atoms with Crippen LogP contribution in [-0.2, 0) is 6.54 Å². The van der Waals surface area contributed by atoms with Crippen LogP contribution in [0.5, 0.6) is 0 Å². The maximum atomic E-state index is 13.0. The molecular weight excluding hydrogens is 280 g/mol. The number of aromatic carboxylic acids is 1. The van der Waals surface area contributed by atoms with E-state index in [4.69, 9.17) is 5.11 Å². The van der Waals surface area contributed by atoms with Crippen LogP contribution in [0.1, 0.15) is 26.3 Å². The Hall–Kier alpha value is -2.76. The lowest BCUT2D eigenvalue weighted by Gasteiger charge is -2.08. The van der Waals surface area contributed by atoms with Crippen molar-refractivity contribution in [3.05, 3.63) is 70.8 Å². The van der Waals surface area contributed by atoms with Gasteiger partial charge in [-0.1, -0.05) is 18.2 Å². The lowest BCUT2D eigenvalue weighted by molar-refractivity contribution is 0.0691. The highest BCUT2D eigenvalue weighted by Crippen LogP contribution is 2.11. The summed E-state index contributed by atoms with van der Waals surface area (Å²) in [6.07, 6.45) is 0. The van der Waals surface area contributed by atoms with Crippen LogP contribution in [0, 0.1) is 11.6 Å². The summed E-state index contributed by atoms with van der Waals surface area (Å²) in [5.41, 5.74) is 0.253. The Morgan fingerprint density at radius 1 is 1.00 bits per heavy atom. The van der Waals surface area contributed by atoms with E-state index in [-0.39, 0.29) is 17.7 Å². The first-order valence-corrected chi connectivity index (χ1v) is 6.03. The van der Waals surface area contributed by atoms with Crippen LogP contribution in [-0.4, -0.2) is 17.0 Å². The van der Waals surface area contributed by atoms with E-state index < -0.39 is 23.5 Å². The normalized spacial score (nSPS) is 10.2. The molecule has 2 N–H and O–H groups in total. The molecule has 0 aliphatic carbocycles. The molecule has 0 fully saturated rings. The van der Waals surface area contributed by atoms with Crippen molar-refractivity contribution in [2.75, 3.05) is 0 Å². The van der Waals surface area contributed by atoms with E-state index in [0.29, 0.717) is 5.56 Å². The molecule has 0 saturated heterocycles. The summed E-state index contributed by atoms with van der Waals surface area (Å²) in [6.45, 7) is -0.0377. The topological polar surface area (TPSA) is 66.4 Å². The molecule has 2 rings (SSSR count). The predicted molar refractivity (Wildman–Crippen MR) is 70.9 cm³/mol. The zero-order valence-electron chi connectivity index (χ0n) is 10.8. The zero-order valence-corrected chi connectivity index (χ0v) is 10.8. The van der Waals surface area contributed by atoms with Gasteiger partial charge in [-0.15, -0.1) is 0 Å². The monoisotopic (exact) mass is 291 g/mol. The third-order valence-electron chi connectivity index (χ3n) is 2.84. The van der Waals surface area contributed by atoms with E-state index in [2.05, 4.69) is 5.32 Å². The number of halogens is 2. The second-order valence-corrected chi connectivity index (χ2v) is 4.28. The molecule has 2 aromatic carbocycles. The predicted octanol–water partition coefficient (Wildman–Crippen LogP) is 2.59. The SMILES string of the molecule is O=C(O)c1ccccc1C(=O)NCc1ccc(F)c(F)c1. The maximum Gasteiger partial charge on any atom is 0.336 e. The van der Waals surface area contributed by atoms with Crippen LogP contribution in [0.3, 0.4) is 0 Å². The van der Waals surface area contributed by atoms with E-state index in [0.717, 1.165) is 12.1 Å². The summed E-state index contributed by atoms with van der Waals surface area (Å²) in [5, 5.41) is 11.5. The minimum atomic E-state index is -1.21. The Morgan fingerprint density at radius 2 is 1.67 bits per heavy atom. The molecule has 0 aliphatic heterocycles. The first kappa shape index (κ1) is 14.6. The molecule has 0 spiro atoms. The minimum absolute atomic E-state index is 0.00702. The van der Waals surface area contributed by atoms with Gasteiger partial charge in [0.2, 0.25) is 0 Å². The molecule has 0 aromatic heterocycles. The van der Waals surface area contributed by atoms with Crippen molar-refractivity contribution in [1.29, 1.82) is 0 Å². The average molecular weight is 291 g/mol. The number of carboxylic acids is 1. The van der Waals surface area contributed by atoms with E-state index in [1.165, 1.54) is 24.3 Å². The highest BCUT2D eigenvalue weighted by atomic mass is 19.2. The molecule has 0 heterocycles. The van der Waals surface area contributed by atoms with Crippen LogP contribution in [0.15, 0.2) is 42.5 Å². The summed E-state index contributed by atoms with van der Waals surface area (Å²) in [4.78, 5) is 23.0. The van der Waals surface area contributed by atoms with Crippen molar-refractivity contribution in [2.45, 2.75) is 6.54 Å². The van der Waals surface area contributed by atoms with E-state index >= 15 is 0 Å². The number of carbonyl (C=O) groups is 2. The second-order valence-electron chi connectivity index (χ2n) is 4.28. The Kier molecular flexibility index (Phi) is 4.27. The molecule has 2 aromatic rings. The number of amides is 1. The summed E-state index contributed by atoms with van der Waals surface area (Å²) in [5.74, 6) is -3.79. The van der Waals surface area contributed by atoms with Gasteiger partial charge in [-0.05, 0) is 29.8 Å². The smallest absolute Gasteiger partial charge is 0.336 e. The van der Waals surface area contributed by atoms with Gasteiger partial charge in [0.15, 0.2) is 11.6 Å². The molecule has 1 amide bonds. The zero-order chi connectivity index (χ0) is 15.4. The van der Waals surface area contributed by atoms with Crippen molar-refractivity contribution >= 4 is 11.9 Å². The van der Waals surface area contributed by atoms with Crippen molar-refractivity contribution in [2.24, 2.45) is 0 Å². The van der Waals surface area contributed by atoms with Crippen LogP contribution >= 0.6 is 0 Å². The molecule has 6 heteroatoms. The first-order valence-electron chi connectivity index (χ1n) is 6.03. The number of carboxylic acid groups (broad SMARTS) is 1. The molecule has 0 bridgehead atoms. The first-order chi connectivity index (χ1) is 9.99. The highest BCUT2D eigenvalue weighted by Gasteiger charge is 2.15. The van der Waals surface area contributed by atoms with Gasteiger partial charge in [-0.25, -0.2) is 13.6 Å². The fourth-order valence-electron chi connectivity index (χ4n) is 1.79. The number of carbonyl (C=O) groups excluding carboxylic acids is 1. The third kappa shape index (κ3) is 3.42. The van der Waals surface area contributed by atoms with E-state index in [1.54, 1.807) is 6.07 Å². The van der Waals surface area contributed by atoms with Crippen molar-refractivity contribution in [1.82, 2.24) is 5.32 Å². The van der Waals surface area contributed by atoms with Gasteiger partial charge in [0.05, 0.1) is 11.1 Å². The molecule has 4 nitrogen and oxygen atoms in total. The van der Waals surface area contributed by atoms with Gasteiger partial charge in [0.1, 0.15) is 0 Å². The number of hydrogen-bond donors (Lipinski definition) is 2. The second kappa shape index (κ2) is 6.13. The fourth-order valence-corrected chi connectivity index (χ4v) is 1.79. The van der Waals surface area contributed by atoms with Gasteiger partial charge >= 0.3 is 5.97 Å². The van der Waals surface area contributed by atoms with Crippen LogP contribution in [0.25, 0.3) is 0 Å². The lowest BCUT2D eigenvalue weighted by atomic mass is 10.1. The molecule has 21 heavy (non-hydrogen) atoms. The molecule has 0 unspecified atom stereocenters. The molecule has 108 valence electrons. The molecule has 0 radical (unpaired) electrons. The van der Waals surface area contributed by atoms with Gasteiger partial charge in [0, 0.05) is 6.54 Å². The molecular formula is C15H11F2NO3. The Morgan fingerprint density at radius 3 is 2.29 bits per heavy atom. The molecule has 0 aliphatic rings. The largest absolute Gasteiger partial charge is 0.478 e. The summed E-state index contributed by atoms with van der Waals surface area (Å²) in [6, 6.07) is 9.01. The minimum Gasteiger partial charge on any atom is -0.478 e. The number of benzene rings is 2. The van der Waals surface area contributed by atoms with Crippen molar-refractivity contribution < 1.29 is 23.5 Å². The van der Waals surface area contributed by atoms with E-state index in [9.17, 15) is 18.4 Å². The fraction of sp³-hybridized carbons (Fsp3) is 0.0667. The van der Waals surface area contributed by atoms with Gasteiger partial charge in [0.25, 0.3) is 5.91 Å². The van der Waals surface area contributed by atoms with Crippen LogP contribution in [0.4, 0.5) is 8.78 Å². The van der Waals surface area contributed by atoms with Crippen LogP contribution < -0.4 is 5.32 Å². The van der Waals surface area contributed by atoms with Gasteiger partial charge < -0.3 is 10.4 Å². The Balaban J connectivity index is 2.12. The van der Waals surface area contributed by atoms with Gasteiger partial charge in [-0.2, -0.15) is 0 Å². The van der Waals surface area contributed by atoms with E-state index in [1.807, 2.05) is 0 Å². The molecule has 0 saturated carbocycles. The summed E-state index contributed by atoms with van der Waals surface area (Å²) >= 11 is 0. The summed E-state index contributed by atoms with van der Waals surface area (Å²) in [7, 11) is 0. The standard InChI is InChI=1S/C15H11F2NO3/c16-12-6-5-9(7-13(12)17)8-18-14(19)10-3-1-2-4-11(10)15(20)21/h1-7H,8H2,(H,18,19)(H,20,21).